The van der Waals surface area contributed by atoms with Gasteiger partial charge in [-0.1, -0.05) is 37.3 Å². The maximum atomic E-state index is 13.8. The summed E-state index contributed by atoms with van der Waals surface area (Å²) >= 11 is 0. The first-order valence-corrected chi connectivity index (χ1v) is 9.41. The van der Waals surface area contributed by atoms with Gasteiger partial charge in [-0.05, 0) is 67.9 Å². The Kier molecular flexibility index (Phi) is 5.92. The molecule has 138 valence electrons. The summed E-state index contributed by atoms with van der Waals surface area (Å²) in [7, 11) is 0. The number of halogens is 1. The zero-order chi connectivity index (χ0) is 18.5. The molecule has 0 saturated carbocycles. The molecule has 3 rings (SSSR count). The number of benzene rings is 2. The van der Waals surface area contributed by atoms with Gasteiger partial charge in [-0.15, -0.1) is 0 Å². The Balaban J connectivity index is 1.66. The zero-order valence-corrected chi connectivity index (χ0v) is 15.4. The number of aryl methyl sites for hydroxylation is 2. The summed E-state index contributed by atoms with van der Waals surface area (Å²) in [5.41, 5.74) is 3.91. The molecule has 1 aliphatic carbocycles. The number of carbonyl (C=O) groups is 1. The lowest BCUT2D eigenvalue weighted by molar-refractivity contribution is -0.128. The number of para-hydroxylation sites is 1. The Morgan fingerprint density at radius 3 is 2.62 bits per heavy atom. The molecule has 2 atom stereocenters. The summed E-state index contributed by atoms with van der Waals surface area (Å²) < 4.78 is 19.4. The number of ether oxygens (including phenoxy) is 1. The van der Waals surface area contributed by atoms with E-state index in [4.69, 9.17) is 4.74 Å². The SMILES string of the molecule is CC[C@@H](Oc1ccccc1F)C(=O)N[C@@H](C)c1ccc2c(c1)CCCC2. The lowest BCUT2D eigenvalue weighted by atomic mass is 9.89. The minimum Gasteiger partial charge on any atom is -0.478 e. The molecule has 0 aliphatic heterocycles. The van der Waals surface area contributed by atoms with Crippen LogP contribution >= 0.6 is 0 Å². The van der Waals surface area contributed by atoms with Gasteiger partial charge in [-0.25, -0.2) is 4.39 Å². The molecule has 0 bridgehead atoms. The van der Waals surface area contributed by atoms with Crippen molar-refractivity contribution < 1.29 is 13.9 Å². The first-order valence-electron chi connectivity index (χ1n) is 9.41. The van der Waals surface area contributed by atoms with Crippen LogP contribution in [0.15, 0.2) is 42.5 Å². The van der Waals surface area contributed by atoms with E-state index in [2.05, 4.69) is 23.5 Å². The molecule has 1 aliphatic rings. The molecule has 3 nitrogen and oxygen atoms in total. The fourth-order valence-electron chi connectivity index (χ4n) is 3.43. The second kappa shape index (κ2) is 8.35. The number of nitrogens with one attached hydrogen (secondary N) is 1. The zero-order valence-electron chi connectivity index (χ0n) is 15.4. The Morgan fingerprint density at radius 2 is 1.88 bits per heavy atom. The van der Waals surface area contributed by atoms with E-state index in [0.29, 0.717) is 6.42 Å². The van der Waals surface area contributed by atoms with Crippen molar-refractivity contribution in [1.29, 1.82) is 0 Å². The Bertz CT molecular complexity index is 774. The average molecular weight is 355 g/mol. The summed E-state index contributed by atoms with van der Waals surface area (Å²) in [6.07, 6.45) is 4.49. The van der Waals surface area contributed by atoms with Crippen molar-refractivity contribution in [3.8, 4) is 5.75 Å². The number of fused-ring (bicyclic) bond motifs is 1. The predicted octanol–water partition coefficient (Wildman–Crippen LogP) is 4.74. The minimum absolute atomic E-state index is 0.107. The van der Waals surface area contributed by atoms with Crippen molar-refractivity contribution in [1.82, 2.24) is 5.32 Å². The van der Waals surface area contributed by atoms with Gasteiger partial charge in [-0.2, -0.15) is 0 Å². The molecule has 1 amide bonds. The van der Waals surface area contributed by atoms with E-state index >= 15 is 0 Å². The van der Waals surface area contributed by atoms with Gasteiger partial charge >= 0.3 is 0 Å². The molecule has 0 aromatic heterocycles. The third kappa shape index (κ3) is 4.24. The van der Waals surface area contributed by atoms with Crippen LogP contribution in [-0.2, 0) is 17.6 Å². The second-order valence-electron chi connectivity index (χ2n) is 6.91. The summed E-state index contributed by atoms with van der Waals surface area (Å²) in [5, 5.41) is 3.01. The fraction of sp³-hybridized carbons (Fsp3) is 0.409. The van der Waals surface area contributed by atoms with E-state index in [1.807, 2.05) is 13.8 Å². The molecule has 0 fully saturated rings. The molecule has 26 heavy (non-hydrogen) atoms. The van der Waals surface area contributed by atoms with Crippen LogP contribution in [0.4, 0.5) is 4.39 Å². The maximum Gasteiger partial charge on any atom is 0.261 e. The average Bonchev–Trinajstić information content (AvgIpc) is 2.66. The number of amides is 1. The van der Waals surface area contributed by atoms with Crippen molar-refractivity contribution in [2.24, 2.45) is 0 Å². The lowest BCUT2D eigenvalue weighted by Crippen LogP contribution is -2.39. The van der Waals surface area contributed by atoms with Crippen LogP contribution in [0.1, 0.15) is 55.8 Å². The smallest absolute Gasteiger partial charge is 0.261 e. The van der Waals surface area contributed by atoms with E-state index in [-0.39, 0.29) is 17.7 Å². The van der Waals surface area contributed by atoms with Gasteiger partial charge < -0.3 is 10.1 Å². The molecular weight excluding hydrogens is 329 g/mol. The molecule has 0 saturated heterocycles. The highest BCUT2D eigenvalue weighted by molar-refractivity contribution is 5.81. The van der Waals surface area contributed by atoms with Gasteiger partial charge in [0.25, 0.3) is 5.91 Å². The molecule has 1 N–H and O–H groups in total. The van der Waals surface area contributed by atoms with Crippen LogP contribution in [0.25, 0.3) is 0 Å². The summed E-state index contributed by atoms with van der Waals surface area (Å²) in [6, 6.07) is 12.5. The van der Waals surface area contributed by atoms with Crippen LogP contribution in [0.3, 0.4) is 0 Å². The lowest BCUT2D eigenvalue weighted by Gasteiger charge is -2.23. The Labute approximate surface area is 154 Å². The van der Waals surface area contributed by atoms with E-state index in [9.17, 15) is 9.18 Å². The van der Waals surface area contributed by atoms with Crippen molar-refractivity contribution in [2.75, 3.05) is 0 Å². The third-order valence-electron chi connectivity index (χ3n) is 5.00. The largest absolute Gasteiger partial charge is 0.478 e. The van der Waals surface area contributed by atoms with Gasteiger partial charge in [0.1, 0.15) is 0 Å². The summed E-state index contributed by atoms with van der Waals surface area (Å²) in [5.74, 6) is -0.571. The van der Waals surface area contributed by atoms with E-state index in [1.165, 1.54) is 36.1 Å². The molecule has 0 radical (unpaired) electrons. The molecule has 4 heteroatoms. The number of rotatable bonds is 6. The standard InChI is InChI=1S/C22H26FNO2/c1-3-20(26-21-11-7-6-10-19(21)23)22(25)24-15(2)17-13-12-16-8-4-5-9-18(16)14-17/h6-7,10-15,20H,3-5,8-9H2,1-2H3,(H,24,25)/t15-,20+/m0/s1. The van der Waals surface area contributed by atoms with Crippen LogP contribution < -0.4 is 10.1 Å². The highest BCUT2D eigenvalue weighted by Gasteiger charge is 2.22. The van der Waals surface area contributed by atoms with E-state index in [1.54, 1.807) is 12.1 Å². The van der Waals surface area contributed by atoms with Crippen LogP contribution in [-0.4, -0.2) is 12.0 Å². The number of hydrogen-bond donors (Lipinski definition) is 1. The highest BCUT2D eigenvalue weighted by Crippen LogP contribution is 2.25. The van der Waals surface area contributed by atoms with Gasteiger partial charge in [0, 0.05) is 0 Å². The summed E-state index contributed by atoms with van der Waals surface area (Å²) in [4.78, 5) is 12.6. The quantitative estimate of drug-likeness (QED) is 0.813. The first-order chi connectivity index (χ1) is 12.6. The second-order valence-corrected chi connectivity index (χ2v) is 6.91. The first kappa shape index (κ1) is 18.4. The summed E-state index contributed by atoms with van der Waals surface area (Å²) in [6.45, 7) is 3.83. The van der Waals surface area contributed by atoms with Gasteiger partial charge in [0.2, 0.25) is 0 Å². The minimum atomic E-state index is -0.716. The van der Waals surface area contributed by atoms with Crippen LogP contribution in [0.2, 0.25) is 0 Å². The molecule has 2 aromatic carbocycles. The van der Waals surface area contributed by atoms with Gasteiger partial charge in [0.15, 0.2) is 17.7 Å². The van der Waals surface area contributed by atoms with Gasteiger partial charge in [-0.3, -0.25) is 4.79 Å². The number of carbonyl (C=O) groups excluding carboxylic acids is 1. The molecule has 2 aromatic rings. The topological polar surface area (TPSA) is 38.3 Å². The van der Waals surface area contributed by atoms with E-state index in [0.717, 1.165) is 18.4 Å². The number of hydrogen-bond acceptors (Lipinski definition) is 2. The predicted molar refractivity (Wildman–Crippen MR) is 101 cm³/mol. The normalized spacial score (nSPS) is 15.7. The van der Waals surface area contributed by atoms with Crippen molar-refractivity contribution >= 4 is 5.91 Å². The Hall–Kier alpha value is -2.36. The molecule has 0 spiro atoms. The molecule has 0 heterocycles. The monoisotopic (exact) mass is 355 g/mol. The van der Waals surface area contributed by atoms with Crippen molar-refractivity contribution in [2.45, 2.75) is 58.1 Å². The fourth-order valence-corrected chi connectivity index (χ4v) is 3.43. The van der Waals surface area contributed by atoms with Crippen molar-refractivity contribution in [3.63, 3.8) is 0 Å². The highest BCUT2D eigenvalue weighted by atomic mass is 19.1. The molecular formula is C22H26FNO2. The van der Waals surface area contributed by atoms with E-state index < -0.39 is 11.9 Å². The van der Waals surface area contributed by atoms with Crippen LogP contribution in [0.5, 0.6) is 5.75 Å². The van der Waals surface area contributed by atoms with Gasteiger partial charge in [0.05, 0.1) is 6.04 Å². The third-order valence-corrected chi connectivity index (χ3v) is 5.00. The van der Waals surface area contributed by atoms with Crippen LogP contribution in [0, 0.1) is 5.82 Å². The molecule has 0 unspecified atom stereocenters. The Morgan fingerprint density at radius 1 is 1.15 bits per heavy atom. The van der Waals surface area contributed by atoms with Crippen molar-refractivity contribution in [3.05, 3.63) is 65.0 Å². The maximum absolute atomic E-state index is 13.8.